The number of fused-ring (bicyclic) bond motifs is 3. The SMILES string of the molecule is COCCN(C)CCNC(=O)c1cccn2c(=O)c3cc4ccccc4cc3nc12.O=C(O)C(F)(F)F. The number of carbonyl (C=O) groups is 2. The molecule has 0 radical (unpaired) electrons. The van der Waals surface area contributed by atoms with Crippen molar-refractivity contribution in [3.05, 3.63) is 70.6 Å². The first kappa shape index (κ1) is 27.6. The number of amides is 1. The number of nitrogens with zero attached hydrogens (tertiary/aromatic N) is 3. The Balaban J connectivity index is 0.000000479. The van der Waals surface area contributed by atoms with Crippen LogP contribution in [-0.4, -0.2) is 77.8 Å². The summed E-state index contributed by atoms with van der Waals surface area (Å²) in [6.07, 6.45) is -3.44. The summed E-state index contributed by atoms with van der Waals surface area (Å²) in [6, 6.07) is 15.0. The van der Waals surface area contributed by atoms with E-state index < -0.39 is 12.1 Å². The number of carboxylic acid groups (broad SMARTS) is 1. The van der Waals surface area contributed by atoms with Gasteiger partial charge in [0.05, 0.1) is 23.1 Å². The van der Waals surface area contributed by atoms with Crippen molar-refractivity contribution in [3.8, 4) is 0 Å². The van der Waals surface area contributed by atoms with Crippen molar-refractivity contribution in [1.82, 2.24) is 19.6 Å². The normalized spacial score (nSPS) is 11.5. The van der Waals surface area contributed by atoms with Gasteiger partial charge >= 0.3 is 12.1 Å². The third-order valence-electron chi connectivity index (χ3n) is 5.45. The fraction of sp³-hybridized carbons (Fsp3) is 0.280. The van der Waals surface area contributed by atoms with E-state index in [0.717, 1.165) is 17.3 Å². The number of carboxylic acids is 1. The van der Waals surface area contributed by atoms with Crippen molar-refractivity contribution >= 4 is 39.2 Å². The zero-order chi connectivity index (χ0) is 27.2. The number of alkyl halides is 3. The maximum Gasteiger partial charge on any atom is 0.490 e. The number of methoxy groups -OCH3 is 1. The molecule has 2 heterocycles. The molecule has 0 atom stereocenters. The van der Waals surface area contributed by atoms with Gasteiger partial charge in [0.25, 0.3) is 11.5 Å². The van der Waals surface area contributed by atoms with Crippen LogP contribution in [0, 0.1) is 0 Å². The predicted octanol–water partition coefficient (Wildman–Crippen LogP) is 2.94. The number of rotatable bonds is 7. The Hall–Kier alpha value is -4.03. The highest BCUT2D eigenvalue weighted by molar-refractivity contribution is 6.02. The summed E-state index contributed by atoms with van der Waals surface area (Å²) in [5, 5.41) is 12.6. The van der Waals surface area contributed by atoms with Crippen LogP contribution in [0.1, 0.15) is 10.4 Å². The van der Waals surface area contributed by atoms with Gasteiger partial charge in [0.2, 0.25) is 0 Å². The van der Waals surface area contributed by atoms with Gasteiger partial charge in [-0.3, -0.25) is 14.0 Å². The summed E-state index contributed by atoms with van der Waals surface area (Å²) in [7, 11) is 3.64. The van der Waals surface area contributed by atoms with Gasteiger partial charge in [-0.25, -0.2) is 9.78 Å². The van der Waals surface area contributed by atoms with Crippen molar-refractivity contribution in [2.45, 2.75) is 6.18 Å². The van der Waals surface area contributed by atoms with E-state index in [4.69, 9.17) is 14.6 Å². The Morgan fingerprint density at radius 1 is 1.11 bits per heavy atom. The van der Waals surface area contributed by atoms with E-state index in [2.05, 4.69) is 15.2 Å². The minimum atomic E-state index is -5.08. The maximum atomic E-state index is 13.1. The van der Waals surface area contributed by atoms with Gasteiger partial charge in [-0.05, 0) is 42.1 Å². The molecule has 4 aromatic rings. The summed E-state index contributed by atoms with van der Waals surface area (Å²) in [4.78, 5) is 41.5. The summed E-state index contributed by atoms with van der Waals surface area (Å²) < 4.78 is 38.2. The number of ether oxygens (including phenoxy) is 1. The lowest BCUT2D eigenvalue weighted by Crippen LogP contribution is -2.34. The highest BCUT2D eigenvalue weighted by atomic mass is 19.4. The van der Waals surface area contributed by atoms with Gasteiger partial charge in [-0.2, -0.15) is 13.2 Å². The second-order valence-electron chi connectivity index (χ2n) is 8.10. The standard InChI is InChI=1S/C23H24N4O3.C2HF3O2/c1-26(12-13-30-2)11-9-24-22(28)18-8-5-10-27-21(18)25-20-15-17-7-4-3-6-16(17)14-19(20)23(27)29;3-2(4,5)1(6)7/h3-8,10,14-15H,9,11-13H2,1-2H3,(H,24,28);(H,6,7). The monoisotopic (exact) mass is 518 g/mol. The first-order valence-corrected chi connectivity index (χ1v) is 11.1. The van der Waals surface area contributed by atoms with E-state index in [9.17, 15) is 22.8 Å². The van der Waals surface area contributed by atoms with E-state index in [0.29, 0.717) is 41.8 Å². The number of aliphatic carboxylic acids is 1. The molecule has 1 amide bonds. The van der Waals surface area contributed by atoms with Crippen LogP contribution in [0.15, 0.2) is 59.5 Å². The highest BCUT2D eigenvalue weighted by Gasteiger charge is 2.38. The fourth-order valence-corrected chi connectivity index (χ4v) is 3.51. The first-order chi connectivity index (χ1) is 17.5. The molecular formula is C25H25F3N4O5. The molecule has 196 valence electrons. The number of hydrogen-bond donors (Lipinski definition) is 2. The van der Waals surface area contributed by atoms with E-state index in [1.165, 1.54) is 4.40 Å². The van der Waals surface area contributed by atoms with Gasteiger partial charge in [-0.15, -0.1) is 0 Å². The van der Waals surface area contributed by atoms with Crippen molar-refractivity contribution < 1.29 is 32.6 Å². The van der Waals surface area contributed by atoms with Gasteiger partial charge in [0, 0.05) is 32.9 Å². The molecule has 12 heteroatoms. The molecule has 2 aromatic carbocycles. The zero-order valence-corrected chi connectivity index (χ0v) is 20.1. The lowest BCUT2D eigenvalue weighted by atomic mass is 10.1. The van der Waals surface area contributed by atoms with Gasteiger partial charge in [0.15, 0.2) is 5.65 Å². The minimum Gasteiger partial charge on any atom is -0.475 e. The molecule has 0 unspecified atom stereocenters. The van der Waals surface area contributed by atoms with E-state index >= 15 is 0 Å². The smallest absolute Gasteiger partial charge is 0.475 e. The number of halogens is 3. The lowest BCUT2D eigenvalue weighted by molar-refractivity contribution is -0.192. The molecule has 0 aliphatic rings. The lowest BCUT2D eigenvalue weighted by Gasteiger charge is -2.16. The van der Waals surface area contributed by atoms with Crippen LogP contribution in [-0.2, 0) is 9.53 Å². The Bertz CT molecular complexity index is 1490. The first-order valence-electron chi connectivity index (χ1n) is 11.1. The van der Waals surface area contributed by atoms with Crippen molar-refractivity contribution in [2.24, 2.45) is 0 Å². The molecule has 2 aromatic heterocycles. The molecule has 4 rings (SSSR count). The van der Waals surface area contributed by atoms with Gasteiger partial charge < -0.3 is 20.1 Å². The largest absolute Gasteiger partial charge is 0.490 e. The van der Waals surface area contributed by atoms with Crippen LogP contribution in [0.4, 0.5) is 13.2 Å². The number of carbonyl (C=O) groups excluding carboxylic acids is 1. The van der Waals surface area contributed by atoms with Crippen LogP contribution < -0.4 is 10.9 Å². The van der Waals surface area contributed by atoms with Gasteiger partial charge in [-0.1, -0.05) is 24.3 Å². The van der Waals surface area contributed by atoms with Crippen molar-refractivity contribution in [3.63, 3.8) is 0 Å². The highest BCUT2D eigenvalue weighted by Crippen LogP contribution is 2.20. The molecule has 0 spiro atoms. The molecule has 2 N–H and O–H groups in total. The van der Waals surface area contributed by atoms with Crippen LogP contribution in [0.25, 0.3) is 27.3 Å². The minimum absolute atomic E-state index is 0.185. The predicted molar refractivity (Wildman–Crippen MR) is 132 cm³/mol. The molecule has 9 nitrogen and oxygen atoms in total. The van der Waals surface area contributed by atoms with E-state index in [1.54, 1.807) is 25.4 Å². The summed E-state index contributed by atoms with van der Waals surface area (Å²) >= 11 is 0. The summed E-state index contributed by atoms with van der Waals surface area (Å²) in [5.41, 5.74) is 1.13. The van der Waals surface area contributed by atoms with Crippen LogP contribution in [0.5, 0.6) is 0 Å². The molecule has 0 saturated heterocycles. The van der Waals surface area contributed by atoms with Crippen LogP contribution in [0.2, 0.25) is 0 Å². The Morgan fingerprint density at radius 3 is 2.38 bits per heavy atom. The average Bonchev–Trinajstić information content (AvgIpc) is 2.86. The maximum absolute atomic E-state index is 13.1. The molecule has 0 bridgehead atoms. The topological polar surface area (TPSA) is 113 Å². The molecule has 0 fully saturated rings. The quantitative estimate of drug-likeness (QED) is 0.362. The zero-order valence-electron chi connectivity index (χ0n) is 20.1. The number of benzene rings is 2. The van der Waals surface area contributed by atoms with Crippen LogP contribution in [0.3, 0.4) is 0 Å². The molecular weight excluding hydrogens is 493 g/mol. The van der Waals surface area contributed by atoms with E-state index in [1.807, 2.05) is 43.4 Å². The summed E-state index contributed by atoms with van der Waals surface area (Å²) in [6.45, 7) is 2.62. The number of aromatic nitrogens is 2. The van der Waals surface area contributed by atoms with Gasteiger partial charge in [0.1, 0.15) is 0 Å². The Morgan fingerprint density at radius 2 is 1.76 bits per heavy atom. The van der Waals surface area contributed by atoms with Crippen molar-refractivity contribution in [2.75, 3.05) is 40.4 Å². The number of pyridine rings is 1. The molecule has 0 aliphatic heterocycles. The second kappa shape index (κ2) is 11.8. The number of likely N-dealkylation sites (N-methyl/N-ethyl adjacent to an activating group) is 1. The average molecular weight is 518 g/mol. The fourth-order valence-electron chi connectivity index (χ4n) is 3.51. The number of nitrogens with one attached hydrogen (secondary N) is 1. The third-order valence-corrected chi connectivity index (χ3v) is 5.45. The molecule has 0 aliphatic carbocycles. The van der Waals surface area contributed by atoms with E-state index in [-0.39, 0.29) is 11.5 Å². The number of hydrogen-bond acceptors (Lipinski definition) is 6. The Labute approximate surface area is 209 Å². The summed E-state index contributed by atoms with van der Waals surface area (Å²) in [5.74, 6) is -3.01. The second-order valence-corrected chi connectivity index (χ2v) is 8.10. The third kappa shape index (κ3) is 6.80. The van der Waals surface area contributed by atoms with Crippen LogP contribution >= 0.6 is 0 Å². The molecule has 37 heavy (non-hydrogen) atoms. The molecule has 0 saturated carbocycles. The Kier molecular flexibility index (Phi) is 8.79. The van der Waals surface area contributed by atoms with Crippen molar-refractivity contribution in [1.29, 1.82) is 0 Å².